The second-order valence-corrected chi connectivity index (χ2v) is 7.72. The minimum atomic E-state index is -0.422. The standard InChI is InChI=1S/C24H29N3O6/c1-31-19-8-9-20(21(14-19)32-2)26-22(28)15-27-12-10-16(11-13-27)23(29)25-18-6-4-17(5-7-18)24(30)33-3/h4-9,14,16H,10-13,15H2,1-3H3,(H,25,29)(H,26,28). The molecule has 0 saturated carbocycles. The molecule has 1 aliphatic heterocycles. The lowest BCUT2D eigenvalue weighted by Gasteiger charge is -2.30. The summed E-state index contributed by atoms with van der Waals surface area (Å²) >= 11 is 0. The third kappa shape index (κ3) is 6.45. The van der Waals surface area contributed by atoms with Crippen molar-refractivity contribution in [2.75, 3.05) is 51.6 Å². The van der Waals surface area contributed by atoms with Crippen molar-refractivity contribution in [3.8, 4) is 11.5 Å². The molecule has 0 spiro atoms. The summed E-state index contributed by atoms with van der Waals surface area (Å²) in [6.45, 7) is 1.53. The van der Waals surface area contributed by atoms with E-state index < -0.39 is 5.97 Å². The summed E-state index contributed by atoms with van der Waals surface area (Å²) in [5.41, 5.74) is 1.63. The molecule has 1 heterocycles. The molecule has 3 rings (SSSR count). The van der Waals surface area contributed by atoms with Gasteiger partial charge in [-0.25, -0.2) is 4.79 Å². The second-order valence-electron chi connectivity index (χ2n) is 7.72. The Bertz CT molecular complexity index is 984. The van der Waals surface area contributed by atoms with Crippen LogP contribution >= 0.6 is 0 Å². The number of carbonyl (C=O) groups is 3. The Hall–Kier alpha value is -3.59. The van der Waals surface area contributed by atoms with Crippen LogP contribution in [0.5, 0.6) is 11.5 Å². The van der Waals surface area contributed by atoms with Gasteiger partial charge in [0.25, 0.3) is 0 Å². The normalized spacial score (nSPS) is 14.3. The molecule has 2 N–H and O–H groups in total. The van der Waals surface area contributed by atoms with Crippen LogP contribution in [0.15, 0.2) is 42.5 Å². The summed E-state index contributed by atoms with van der Waals surface area (Å²) in [5, 5.41) is 5.76. The van der Waals surface area contributed by atoms with Crippen molar-refractivity contribution >= 4 is 29.2 Å². The van der Waals surface area contributed by atoms with E-state index in [9.17, 15) is 14.4 Å². The Kier molecular flexibility index (Phi) is 8.26. The first kappa shape index (κ1) is 24.1. The van der Waals surface area contributed by atoms with Gasteiger partial charge in [-0.1, -0.05) is 0 Å². The number of anilines is 2. The third-order valence-electron chi connectivity index (χ3n) is 5.58. The van der Waals surface area contributed by atoms with Gasteiger partial charge in [-0.15, -0.1) is 0 Å². The van der Waals surface area contributed by atoms with Crippen LogP contribution in [0, 0.1) is 5.92 Å². The highest BCUT2D eigenvalue weighted by atomic mass is 16.5. The predicted octanol–water partition coefficient (Wildman–Crippen LogP) is 2.78. The number of benzene rings is 2. The van der Waals surface area contributed by atoms with Crippen LogP contribution in [0.25, 0.3) is 0 Å². The van der Waals surface area contributed by atoms with E-state index in [4.69, 9.17) is 9.47 Å². The van der Waals surface area contributed by atoms with E-state index in [1.54, 1.807) is 49.6 Å². The van der Waals surface area contributed by atoms with Crippen molar-refractivity contribution in [3.63, 3.8) is 0 Å². The van der Waals surface area contributed by atoms with E-state index in [-0.39, 0.29) is 24.3 Å². The third-order valence-corrected chi connectivity index (χ3v) is 5.58. The Labute approximate surface area is 193 Å². The highest BCUT2D eigenvalue weighted by Crippen LogP contribution is 2.29. The molecule has 33 heavy (non-hydrogen) atoms. The lowest BCUT2D eigenvalue weighted by atomic mass is 9.95. The molecular formula is C24H29N3O6. The molecule has 1 aliphatic rings. The Morgan fingerprint density at radius 3 is 2.24 bits per heavy atom. The summed E-state index contributed by atoms with van der Waals surface area (Å²) in [4.78, 5) is 38.7. The van der Waals surface area contributed by atoms with Gasteiger partial charge in [0.2, 0.25) is 11.8 Å². The molecule has 0 atom stereocenters. The lowest BCUT2D eigenvalue weighted by Crippen LogP contribution is -2.41. The predicted molar refractivity (Wildman–Crippen MR) is 124 cm³/mol. The number of methoxy groups -OCH3 is 3. The minimum absolute atomic E-state index is 0.0621. The Morgan fingerprint density at radius 2 is 1.64 bits per heavy atom. The topological polar surface area (TPSA) is 106 Å². The van der Waals surface area contributed by atoms with Crippen molar-refractivity contribution in [2.24, 2.45) is 5.92 Å². The van der Waals surface area contributed by atoms with Gasteiger partial charge in [-0.2, -0.15) is 0 Å². The number of esters is 1. The number of hydrogen-bond donors (Lipinski definition) is 2. The molecule has 1 saturated heterocycles. The number of rotatable bonds is 8. The first-order valence-electron chi connectivity index (χ1n) is 10.7. The zero-order valence-electron chi connectivity index (χ0n) is 19.1. The first-order chi connectivity index (χ1) is 15.9. The van der Waals surface area contributed by atoms with Crippen molar-refractivity contribution in [3.05, 3.63) is 48.0 Å². The molecule has 1 fully saturated rings. The molecule has 9 nitrogen and oxygen atoms in total. The summed E-state index contributed by atoms with van der Waals surface area (Å²) in [6, 6.07) is 11.8. The van der Waals surface area contributed by atoms with Crippen LogP contribution in [0.3, 0.4) is 0 Å². The Morgan fingerprint density at radius 1 is 0.939 bits per heavy atom. The van der Waals surface area contributed by atoms with Crippen LogP contribution < -0.4 is 20.1 Å². The van der Waals surface area contributed by atoms with Gasteiger partial charge >= 0.3 is 5.97 Å². The summed E-state index contributed by atoms with van der Waals surface area (Å²) in [7, 11) is 4.43. The van der Waals surface area contributed by atoms with Gasteiger partial charge in [0, 0.05) is 17.7 Å². The maximum atomic E-state index is 12.6. The Balaban J connectivity index is 1.46. The van der Waals surface area contributed by atoms with Crippen LogP contribution in [-0.4, -0.2) is 63.6 Å². The van der Waals surface area contributed by atoms with Crippen LogP contribution in [0.2, 0.25) is 0 Å². The molecule has 2 aromatic carbocycles. The number of piperidine rings is 1. The van der Waals surface area contributed by atoms with Crippen molar-refractivity contribution in [2.45, 2.75) is 12.8 Å². The number of amides is 2. The number of likely N-dealkylation sites (tertiary alicyclic amines) is 1. The number of ether oxygens (including phenoxy) is 3. The molecule has 0 radical (unpaired) electrons. The molecule has 0 aromatic heterocycles. The summed E-state index contributed by atoms with van der Waals surface area (Å²) in [5.74, 6) is 0.406. The smallest absolute Gasteiger partial charge is 0.337 e. The van der Waals surface area contributed by atoms with Gasteiger partial charge in [-0.3, -0.25) is 14.5 Å². The van der Waals surface area contributed by atoms with E-state index in [1.807, 2.05) is 4.90 Å². The van der Waals surface area contributed by atoms with E-state index in [0.29, 0.717) is 54.4 Å². The molecule has 9 heteroatoms. The highest BCUT2D eigenvalue weighted by Gasteiger charge is 2.26. The van der Waals surface area contributed by atoms with Gasteiger partial charge < -0.3 is 24.8 Å². The molecule has 176 valence electrons. The number of nitrogens with zero attached hydrogens (tertiary/aromatic N) is 1. The fraction of sp³-hybridized carbons (Fsp3) is 0.375. The van der Waals surface area contributed by atoms with Crippen LogP contribution in [0.4, 0.5) is 11.4 Å². The van der Waals surface area contributed by atoms with Crippen LogP contribution in [0.1, 0.15) is 23.2 Å². The SMILES string of the molecule is COC(=O)c1ccc(NC(=O)C2CCN(CC(=O)Nc3ccc(OC)cc3OC)CC2)cc1. The average molecular weight is 456 g/mol. The molecule has 0 unspecified atom stereocenters. The second kappa shape index (κ2) is 11.3. The number of nitrogens with one attached hydrogen (secondary N) is 2. The minimum Gasteiger partial charge on any atom is -0.497 e. The first-order valence-corrected chi connectivity index (χ1v) is 10.7. The zero-order chi connectivity index (χ0) is 23.8. The van der Waals surface area contributed by atoms with Gasteiger partial charge in [0.05, 0.1) is 39.1 Å². The summed E-state index contributed by atoms with van der Waals surface area (Å²) < 4.78 is 15.2. The number of carbonyl (C=O) groups excluding carboxylic acids is 3. The number of hydrogen-bond acceptors (Lipinski definition) is 7. The molecular weight excluding hydrogens is 426 g/mol. The molecule has 2 amide bonds. The molecule has 0 bridgehead atoms. The van der Waals surface area contributed by atoms with Crippen LogP contribution in [-0.2, 0) is 14.3 Å². The van der Waals surface area contributed by atoms with Gasteiger partial charge in [0.15, 0.2) is 0 Å². The molecule has 0 aliphatic carbocycles. The van der Waals surface area contributed by atoms with Crippen molar-refractivity contribution in [1.82, 2.24) is 4.90 Å². The van der Waals surface area contributed by atoms with Gasteiger partial charge in [-0.05, 0) is 62.3 Å². The van der Waals surface area contributed by atoms with E-state index in [2.05, 4.69) is 15.4 Å². The van der Waals surface area contributed by atoms with E-state index in [0.717, 1.165) is 0 Å². The maximum Gasteiger partial charge on any atom is 0.337 e. The van der Waals surface area contributed by atoms with Gasteiger partial charge in [0.1, 0.15) is 11.5 Å². The quantitative estimate of drug-likeness (QED) is 0.590. The molecule has 2 aromatic rings. The van der Waals surface area contributed by atoms with Crippen molar-refractivity contribution in [1.29, 1.82) is 0 Å². The van der Waals surface area contributed by atoms with Crippen molar-refractivity contribution < 1.29 is 28.6 Å². The zero-order valence-corrected chi connectivity index (χ0v) is 19.1. The highest BCUT2D eigenvalue weighted by molar-refractivity contribution is 5.95. The largest absolute Gasteiger partial charge is 0.497 e. The monoisotopic (exact) mass is 455 g/mol. The van der Waals surface area contributed by atoms with E-state index >= 15 is 0 Å². The fourth-order valence-corrected chi connectivity index (χ4v) is 3.70. The lowest BCUT2D eigenvalue weighted by molar-refractivity contribution is -0.121. The maximum absolute atomic E-state index is 12.6. The fourth-order valence-electron chi connectivity index (χ4n) is 3.70. The summed E-state index contributed by atoms with van der Waals surface area (Å²) in [6.07, 6.45) is 1.32. The van der Waals surface area contributed by atoms with E-state index in [1.165, 1.54) is 14.2 Å². The average Bonchev–Trinajstić information content (AvgIpc) is 2.84.